The average molecular weight is 402 g/mol. The van der Waals surface area contributed by atoms with Crippen molar-refractivity contribution in [3.63, 3.8) is 0 Å². The van der Waals surface area contributed by atoms with E-state index in [-0.39, 0.29) is 11.7 Å². The highest BCUT2D eigenvalue weighted by atomic mass is 35.5. The third-order valence-electron chi connectivity index (χ3n) is 3.91. The molecule has 0 aliphatic heterocycles. The lowest BCUT2D eigenvalue weighted by atomic mass is 10.2. The van der Waals surface area contributed by atoms with Gasteiger partial charge in [0.2, 0.25) is 5.91 Å². The summed E-state index contributed by atoms with van der Waals surface area (Å²) in [4.78, 5) is 16.4. The number of anilines is 1. The van der Waals surface area contributed by atoms with Crippen LogP contribution in [0.3, 0.4) is 0 Å². The van der Waals surface area contributed by atoms with Gasteiger partial charge in [0, 0.05) is 35.2 Å². The molecule has 0 bridgehead atoms. The summed E-state index contributed by atoms with van der Waals surface area (Å²) in [5, 5.41) is 12.8. The van der Waals surface area contributed by atoms with E-state index in [1.165, 1.54) is 11.8 Å². The SMILES string of the molecule is CCCn1c(SCC(=O)Nc2cc(Cl)ccc2C)nnc1-c1ccncc1. The fourth-order valence-electron chi connectivity index (χ4n) is 2.58. The molecule has 0 aliphatic rings. The molecule has 8 heteroatoms. The second-order valence-corrected chi connectivity index (χ2v) is 7.37. The minimum atomic E-state index is -0.109. The van der Waals surface area contributed by atoms with Gasteiger partial charge in [0.1, 0.15) is 0 Å². The van der Waals surface area contributed by atoms with Gasteiger partial charge in [-0.05, 0) is 43.2 Å². The highest BCUT2D eigenvalue weighted by Gasteiger charge is 2.15. The smallest absolute Gasteiger partial charge is 0.234 e. The van der Waals surface area contributed by atoms with E-state index in [0.29, 0.717) is 5.02 Å². The van der Waals surface area contributed by atoms with Crippen LogP contribution in [0.5, 0.6) is 0 Å². The number of nitrogens with zero attached hydrogens (tertiary/aromatic N) is 4. The Bertz CT molecular complexity index is 929. The van der Waals surface area contributed by atoms with Crippen molar-refractivity contribution in [1.82, 2.24) is 19.7 Å². The molecular weight excluding hydrogens is 382 g/mol. The molecule has 0 fully saturated rings. The maximum absolute atomic E-state index is 12.4. The van der Waals surface area contributed by atoms with Crippen molar-refractivity contribution < 1.29 is 4.79 Å². The van der Waals surface area contributed by atoms with Crippen molar-refractivity contribution in [1.29, 1.82) is 0 Å². The Hall–Kier alpha value is -2.38. The number of thioether (sulfide) groups is 1. The lowest BCUT2D eigenvalue weighted by molar-refractivity contribution is -0.113. The van der Waals surface area contributed by atoms with Gasteiger partial charge in [-0.15, -0.1) is 10.2 Å². The molecule has 3 aromatic rings. The predicted molar refractivity (Wildman–Crippen MR) is 109 cm³/mol. The fraction of sp³-hybridized carbons (Fsp3) is 0.263. The number of pyridine rings is 1. The van der Waals surface area contributed by atoms with E-state index < -0.39 is 0 Å². The largest absolute Gasteiger partial charge is 0.325 e. The molecule has 0 atom stereocenters. The van der Waals surface area contributed by atoms with Gasteiger partial charge in [-0.3, -0.25) is 9.78 Å². The molecule has 0 radical (unpaired) electrons. The van der Waals surface area contributed by atoms with Gasteiger partial charge in [-0.25, -0.2) is 0 Å². The molecule has 140 valence electrons. The lowest BCUT2D eigenvalue weighted by Gasteiger charge is -2.10. The summed E-state index contributed by atoms with van der Waals surface area (Å²) in [6.07, 6.45) is 4.40. The summed E-state index contributed by atoms with van der Waals surface area (Å²) in [6.45, 7) is 4.80. The zero-order valence-corrected chi connectivity index (χ0v) is 16.7. The van der Waals surface area contributed by atoms with Crippen LogP contribution in [0.4, 0.5) is 5.69 Å². The van der Waals surface area contributed by atoms with Crippen molar-refractivity contribution >= 4 is 35.0 Å². The predicted octanol–water partition coefficient (Wildman–Crippen LogP) is 4.44. The van der Waals surface area contributed by atoms with Crippen LogP contribution in [0.25, 0.3) is 11.4 Å². The number of hydrogen-bond acceptors (Lipinski definition) is 5. The number of aryl methyl sites for hydroxylation is 1. The highest BCUT2D eigenvalue weighted by molar-refractivity contribution is 7.99. The van der Waals surface area contributed by atoms with E-state index >= 15 is 0 Å². The average Bonchev–Trinajstić information content (AvgIpc) is 3.07. The third kappa shape index (κ3) is 4.87. The molecule has 1 N–H and O–H groups in total. The number of benzene rings is 1. The van der Waals surface area contributed by atoms with Crippen LogP contribution < -0.4 is 5.32 Å². The fourth-order valence-corrected chi connectivity index (χ4v) is 3.52. The van der Waals surface area contributed by atoms with Gasteiger partial charge in [0.25, 0.3) is 0 Å². The Morgan fingerprint density at radius 3 is 2.74 bits per heavy atom. The van der Waals surface area contributed by atoms with Crippen LogP contribution in [-0.4, -0.2) is 31.4 Å². The highest BCUT2D eigenvalue weighted by Crippen LogP contribution is 2.25. The van der Waals surface area contributed by atoms with E-state index in [1.807, 2.05) is 29.7 Å². The Labute approximate surface area is 167 Å². The van der Waals surface area contributed by atoms with E-state index in [0.717, 1.165) is 40.8 Å². The van der Waals surface area contributed by atoms with Crippen LogP contribution in [-0.2, 0) is 11.3 Å². The zero-order chi connectivity index (χ0) is 19.2. The summed E-state index contributed by atoms with van der Waals surface area (Å²) in [5.41, 5.74) is 2.64. The van der Waals surface area contributed by atoms with Crippen LogP contribution in [0, 0.1) is 6.92 Å². The lowest BCUT2D eigenvalue weighted by Crippen LogP contribution is -2.15. The summed E-state index contributed by atoms with van der Waals surface area (Å²) < 4.78 is 2.04. The second kappa shape index (κ2) is 9.01. The second-order valence-electron chi connectivity index (χ2n) is 5.99. The molecule has 2 heterocycles. The van der Waals surface area contributed by atoms with Gasteiger partial charge in [-0.1, -0.05) is 36.4 Å². The molecule has 6 nitrogen and oxygen atoms in total. The van der Waals surface area contributed by atoms with Crippen LogP contribution in [0.1, 0.15) is 18.9 Å². The maximum Gasteiger partial charge on any atom is 0.234 e. The molecule has 2 aromatic heterocycles. The van der Waals surface area contributed by atoms with Gasteiger partial charge >= 0.3 is 0 Å². The molecule has 0 aliphatic carbocycles. The molecule has 0 saturated heterocycles. The first-order chi connectivity index (χ1) is 13.1. The molecule has 0 saturated carbocycles. The molecule has 1 amide bonds. The van der Waals surface area contributed by atoms with Gasteiger partial charge < -0.3 is 9.88 Å². The third-order valence-corrected chi connectivity index (χ3v) is 5.11. The quantitative estimate of drug-likeness (QED) is 0.592. The number of halogens is 1. The summed E-state index contributed by atoms with van der Waals surface area (Å²) in [5.74, 6) is 0.916. The van der Waals surface area contributed by atoms with Gasteiger partial charge in [-0.2, -0.15) is 0 Å². The summed E-state index contributed by atoms with van der Waals surface area (Å²) in [6, 6.07) is 9.23. The van der Waals surface area contributed by atoms with Crippen LogP contribution >= 0.6 is 23.4 Å². The summed E-state index contributed by atoms with van der Waals surface area (Å²) in [7, 11) is 0. The topological polar surface area (TPSA) is 72.7 Å². The molecule has 1 aromatic carbocycles. The van der Waals surface area contributed by atoms with Crippen molar-refractivity contribution in [3.05, 3.63) is 53.3 Å². The van der Waals surface area contributed by atoms with Crippen molar-refractivity contribution in [2.75, 3.05) is 11.1 Å². The molecular formula is C19H20ClN5OS. The monoisotopic (exact) mass is 401 g/mol. The number of amides is 1. The minimum absolute atomic E-state index is 0.109. The first-order valence-corrected chi connectivity index (χ1v) is 9.97. The van der Waals surface area contributed by atoms with Crippen molar-refractivity contribution in [3.8, 4) is 11.4 Å². The number of carbonyl (C=O) groups is 1. The number of nitrogens with one attached hydrogen (secondary N) is 1. The van der Waals surface area contributed by atoms with E-state index in [2.05, 4.69) is 27.4 Å². The van der Waals surface area contributed by atoms with Gasteiger partial charge in [0.15, 0.2) is 11.0 Å². The van der Waals surface area contributed by atoms with Gasteiger partial charge in [0.05, 0.1) is 5.75 Å². The van der Waals surface area contributed by atoms with Crippen LogP contribution in [0.2, 0.25) is 5.02 Å². The number of hydrogen-bond donors (Lipinski definition) is 1. The zero-order valence-electron chi connectivity index (χ0n) is 15.1. The van der Waals surface area contributed by atoms with E-state index in [9.17, 15) is 4.79 Å². The van der Waals surface area contributed by atoms with Crippen LogP contribution in [0.15, 0.2) is 47.9 Å². The summed E-state index contributed by atoms with van der Waals surface area (Å²) >= 11 is 7.38. The Kier molecular flexibility index (Phi) is 6.47. The molecule has 0 unspecified atom stereocenters. The molecule has 0 spiro atoms. The Balaban J connectivity index is 1.71. The number of rotatable bonds is 7. The minimum Gasteiger partial charge on any atom is -0.325 e. The molecule has 3 rings (SSSR count). The standard InChI is InChI=1S/C19H20ClN5OS/c1-3-10-25-18(14-6-8-21-9-7-14)23-24-19(25)27-12-17(26)22-16-11-15(20)5-4-13(16)2/h4-9,11H,3,10,12H2,1-2H3,(H,22,26). The molecule has 27 heavy (non-hydrogen) atoms. The maximum atomic E-state index is 12.4. The van der Waals surface area contributed by atoms with Crippen molar-refractivity contribution in [2.45, 2.75) is 32.0 Å². The van der Waals surface area contributed by atoms with Crippen molar-refractivity contribution in [2.24, 2.45) is 0 Å². The number of aromatic nitrogens is 4. The van der Waals surface area contributed by atoms with E-state index in [1.54, 1.807) is 24.5 Å². The first-order valence-electron chi connectivity index (χ1n) is 8.61. The Morgan fingerprint density at radius 1 is 1.22 bits per heavy atom. The van der Waals surface area contributed by atoms with E-state index in [4.69, 9.17) is 11.6 Å². The first kappa shape index (κ1) is 19.4. The number of carbonyl (C=O) groups excluding carboxylic acids is 1. The normalized spacial score (nSPS) is 10.8. The Morgan fingerprint density at radius 2 is 2.00 bits per heavy atom.